The predicted molar refractivity (Wildman–Crippen MR) is 139 cm³/mol. The van der Waals surface area contributed by atoms with Crippen LogP contribution in [-0.2, 0) is 11.8 Å². The molecule has 3 fully saturated rings. The molecule has 4 atom stereocenters. The first kappa shape index (κ1) is 22.7. The minimum absolute atomic E-state index is 0.0502. The summed E-state index contributed by atoms with van der Waals surface area (Å²) < 4.78 is 0. The van der Waals surface area contributed by atoms with Gasteiger partial charge >= 0.3 is 0 Å². The molecule has 186 valence electrons. The lowest BCUT2D eigenvalue weighted by atomic mass is 9.50. The quantitative estimate of drug-likeness (QED) is 0.334. The Balaban J connectivity index is 1.34. The molecule has 4 unspecified atom stereocenters. The fourth-order valence-corrected chi connectivity index (χ4v) is 7.34. The number of nitrogens with two attached hydrogens (primary N) is 2. The van der Waals surface area contributed by atoms with Gasteiger partial charge in [0.05, 0.1) is 11.3 Å². The second-order valence-corrected chi connectivity index (χ2v) is 11.3. The molecular weight excluding hydrogens is 438 g/mol. The Morgan fingerprint density at radius 2 is 1.89 bits per heavy atom. The summed E-state index contributed by atoms with van der Waals surface area (Å²) in [5, 5.41) is 26.8. The van der Waals surface area contributed by atoms with Crippen molar-refractivity contribution in [2.24, 2.45) is 22.4 Å². The van der Waals surface area contributed by atoms with Crippen LogP contribution in [0.15, 0.2) is 47.5 Å². The zero-order chi connectivity index (χ0) is 24.2. The number of phenolic OH excluding ortho intramolecular Hbond substituents is 1. The molecule has 1 heterocycles. The SMILES string of the molecule is NC(N)=Nc1ccc(NC2CCC3(O)C4Cc5ccc(O)cc5C3(CCCN4CC3CC3)C2)cc1. The largest absolute Gasteiger partial charge is 0.508 e. The van der Waals surface area contributed by atoms with Crippen molar-refractivity contribution in [2.75, 3.05) is 18.4 Å². The van der Waals surface area contributed by atoms with Crippen molar-refractivity contribution in [3.63, 3.8) is 0 Å². The number of aliphatic hydroxyl groups is 1. The molecule has 0 spiro atoms. The van der Waals surface area contributed by atoms with E-state index >= 15 is 0 Å². The fourth-order valence-electron chi connectivity index (χ4n) is 7.34. The van der Waals surface area contributed by atoms with Gasteiger partial charge in [0.25, 0.3) is 0 Å². The number of likely N-dealkylation sites (tertiary alicyclic amines) is 1. The average molecular weight is 476 g/mol. The van der Waals surface area contributed by atoms with Crippen molar-refractivity contribution < 1.29 is 10.2 Å². The second-order valence-electron chi connectivity index (χ2n) is 11.3. The van der Waals surface area contributed by atoms with Crippen LogP contribution in [0.25, 0.3) is 0 Å². The van der Waals surface area contributed by atoms with Gasteiger partial charge in [0, 0.05) is 29.7 Å². The van der Waals surface area contributed by atoms with E-state index in [1.807, 2.05) is 36.4 Å². The van der Waals surface area contributed by atoms with Crippen molar-refractivity contribution in [2.45, 2.75) is 74.5 Å². The van der Waals surface area contributed by atoms with Gasteiger partial charge in [-0.3, -0.25) is 4.90 Å². The molecular formula is C28H37N5O2. The molecule has 35 heavy (non-hydrogen) atoms. The van der Waals surface area contributed by atoms with E-state index in [1.54, 1.807) is 0 Å². The van der Waals surface area contributed by atoms with Crippen LogP contribution in [0.5, 0.6) is 5.75 Å². The van der Waals surface area contributed by atoms with Crippen LogP contribution in [-0.4, -0.2) is 51.8 Å². The third-order valence-corrected chi connectivity index (χ3v) is 9.05. The van der Waals surface area contributed by atoms with E-state index in [0.29, 0.717) is 5.75 Å². The first-order valence-corrected chi connectivity index (χ1v) is 13.1. The Morgan fingerprint density at radius 1 is 1.09 bits per heavy atom. The molecule has 1 saturated heterocycles. The summed E-state index contributed by atoms with van der Waals surface area (Å²) in [5.74, 6) is 1.14. The van der Waals surface area contributed by atoms with E-state index in [1.165, 1.54) is 24.0 Å². The summed E-state index contributed by atoms with van der Waals surface area (Å²) in [6.07, 6.45) is 8.05. The van der Waals surface area contributed by atoms with E-state index in [4.69, 9.17) is 11.5 Å². The van der Waals surface area contributed by atoms with Gasteiger partial charge in [0.2, 0.25) is 0 Å². The lowest BCUT2D eigenvalue weighted by Gasteiger charge is -2.60. The molecule has 6 rings (SSSR count). The number of fused-ring (bicyclic) bond motifs is 1. The zero-order valence-electron chi connectivity index (χ0n) is 20.3. The number of hydrogen-bond donors (Lipinski definition) is 5. The molecule has 0 aromatic heterocycles. The highest BCUT2D eigenvalue weighted by atomic mass is 16.3. The number of guanidine groups is 1. The Kier molecular flexibility index (Phi) is 5.45. The van der Waals surface area contributed by atoms with Crippen LogP contribution in [0.1, 0.15) is 56.1 Å². The molecule has 3 aliphatic carbocycles. The molecule has 2 bridgehead atoms. The van der Waals surface area contributed by atoms with Crippen LogP contribution in [0.3, 0.4) is 0 Å². The zero-order valence-corrected chi connectivity index (χ0v) is 20.3. The maximum atomic E-state index is 12.6. The number of anilines is 1. The Morgan fingerprint density at radius 3 is 2.63 bits per heavy atom. The monoisotopic (exact) mass is 475 g/mol. The molecule has 7 heteroatoms. The fraction of sp³-hybridized carbons (Fsp3) is 0.536. The highest BCUT2D eigenvalue weighted by Gasteiger charge is 2.63. The van der Waals surface area contributed by atoms with Gasteiger partial charge in [-0.25, -0.2) is 4.99 Å². The number of aromatic hydroxyl groups is 1. The van der Waals surface area contributed by atoms with Crippen molar-refractivity contribution in [1.29, 1.82) is 0 Å². The van der Waals surface area contributed by atoms with Crippen molar-refractivity contribution >= 4 is 17.3 Å². The minimum Gasteiger partial charge on any atom is -0.508 e. The number of nitrogens with one attached hydrogen (secondary N) is 1. The highest BCUT2D eigenvalue weighted by Crippen LogP contribution is 2.58. The molecule has 4 aliphatic rings. The molecule has 7 N–H and O–H groups in total. The number of hydrogen-bond acceptors (Lipinski definition) is 5. The van der Waals surface area contributed by atoms with Crippen LogP contribution in [0.2, 0.25) is 0 Å². The standard InChI is InChI=1S/C28H37N5O2/c29-26(30)32-21-7-5-20(6-8-21)31-22-10-12-28(35)25-14-19-4-9-23(34)15-24(19)27(28,16-22)11-1-13-33(25)17-18-2-3-18/h4-9,15,18,22,25,31,34-35H,1-3,10-14,16-17H2,(H4,29,30,32). The van der Waals surface area contributed by atoms with Gasteiger partial charge in [-0.15, -0.1) is 0 Å². The topological polar surface area (TPSA) is 120 Å². The second kappa shape index (κ2) is 8.42. The van der Waals surface area contributed by atoms with Gasteiger partial charge < -0.3 is 27.0 Å². The Hall–Kier alpha value is -2.77. The first-order valence-electron chi connectivity index (χ1n) is 13.1. The van der Waals surface area contributed by atoms with Crippen LogP contribution < -0.4 is 16.8 Å². The van der Waals surface area contributed by atoms with Crippen molar-refractivity contribution in [3.8, 4) is 5.75 Å². The third-order valence-electron chi connectivity index (χ3n) is 9.05. The maximum Gasteiger partial charge on any atom is 0.191 e. The predicted octanol–water partition coefficient (Wildman–Crippen LogP) is 3.36. The Bertz CT molecular complexity index is 1130. The van der Waals surface area contributed by atoms with Crippen LogP contribution in [0.4, 0.5) is 11.4 Å². The number of nitrogens with zero attached hydrogens (tertiary/aromatic N) is 2. The maximum absolute atomic E-state index is 12.6. The summed E-state index contributed by atoms with van der Waals surface area (Å²) >= 11 is 0. The van der Waals surface area contributed by atoms with E-state index in [2.05, 4.69) is 21.3 Å². The van der Waals surface area contributed by atoms with Crippen LogP contribution >= 0.6 is 0 Å². The Labute approximate surface area is 207 Å². The van der Waals surface area contributed by atoms with Crippen molar-refractivity contribution in [1.82, 2.24) is 4.90 Å². The highest BCUT2D eigenvalue weighted by molar-refractivity contribution is 5.79. The van der Waals surface area contributed by atoms with Gasteiger partial charge in [-0.2, -0.15) is 0 Å². The number of phenols is 1. The average Bonchev–Trinajstić information content (AvgIpc) is 3.64. The van der Waals surface area contributed by atoms with E-state index in [9.17, 15) is 10.2 Å². The van der Waals surface area contributed by atoms with E-state index in [-0.39, 0.29) is 23.5 Å². The summed E-state index contributed by atoms with van der Waals surface area (Å²) in [5.41, 5.74) is 14.1. The molecule has 0 amide bonds. The molecule has 7 nitrogen and oxygen atoms in total. The van der Waals surface area contributed by atoms with Gasteiger partial charge in [0.1, 0.15) is 5.75 Å². The smallest absolute Gasteiger partial charge is 0.191 e. The molecule has 1 aliphatic heterocycles. The molecule has 2 aromatic rings. The molecule has 2 saturated carbocycles. The summed E-state index contributed by atoms with van der Waals surface area (Å²) in [4.78, 5) is 6.73. The lowest BCUT2D eigenvalue weighted by molar-refractivity contribution is -0.129. The van der Waals surface area contributed by atoms with Gasteiger partial charge in [-0.1, -0.05) is 6.07 Å². The minimum atomic E-state index is -0.783. The van der Waals surface area contributed by atoms with Gasteiger partial charge in [0.15, 0.2) is 5.96 Å². The van der Waals surface area contributed by atoms with Gasteiger partial charge in [-0.05, 0) is 111 Å². The lowest BCUT2D eigenvalue weighted by Crippen LogP contribution is -2.68. The normalized spacial score (nSPS) is 32.1. The number of rotatable bonds is 5. The number of aliphatic imine (C=N–C) groups is 1. The molecule has 2 aromatic carbocycles. The van der Waals surface area contributed by atoms with Crippen LogP contribution in [0, 0.1) is 5.92 Å². The third kappa shape index (κ3) is 3.95. The van der Waals surface area contributed by atoms with Crippen molar-refractivity contribution in [3.05, 3.63) is 53.6 Å². The summed E-state index contributed by atoms with van der Waals surface area (Å²) in [7, 11) is 0. The molecule has 0 radical (unpaired) electrons. The first-order chi connectivity index (χ1) is 16.9. The number of benzene rings is 2. The van der Waals surface area contributed by atoms with E-state index in [0.717, 1.165) is 68.9 Å². The summed E-state index contributed by atoms with van der Waals surface area (Å²) in [6.45, 7) is 2.16. The summed E-state index contributed by atoms with van der Waals surface area (Å²) in [6, 6.07) is 14.1. The van der Waals surface area contributed by atoms with E-state index < -0.39 is 5.60 Å².